The van der Waals surface area contributed by atoms with Crippen LogP contribution >= 0.6 is 0 Å². The Bertz CT molecular complexity index is 573. The summed E-state index contributed by atoms with van der Waals surface area (Å²) in [6.07, 6.45) is 1.41. The number of anilines is 1. The molecule has 0 saturated heterocycles. The van der Waals surface area contributed by atoms with Crippen LogP contribution in [0.1, 0.15) is 5.56 Å². The monoisotopic (exact) mass is 288 g/mol. The summed E-state index contributed by atoms with van der Waals surface area (Å²) >= 11 is 0. The van der Waals surface area contributed by atoms with Gasteiger partial charge in [-0.15, -0.1) is 6.58 Å². The topological polar surface area (TPSA) is 83.6 Å². The first-order valence-electron chi connectivity index (χ1n) is 5.62. The third kappa shape index (κ3) is 3.31. The Morgan fingerprint density at radius 3 is 2.68 bits per heavy atom. The van der Waals surface area contributed by atoms with Crippen molar-refractivity contribution in [2.45, 2.75) is 11.8 Å². The van der Waals surface area contributed by atoms with Crippen molar-refractivity contribution in [3.63, 3.8) is 0 Å². The molecule has 0 aromatic heterocycles. The summed E-state index contributed by atoms with van der Waals surface area (Å²) in [4.78, 5) is -0.0679. The maximum Gasteiger partial charge on any atom is 0.243 e. The summed E-state index contributed by atoms with van der Waals surface area (Å²) in [5.41, 5.74) is 5.44. The lowest BCUT2D eigenvalue weighted by molar-refractivity contribution is 0.260. The molecular formula is C12H17FN2O3S. The Morgan fingerprint density at radius 2 is 2.16 bits per heavy atom. The first-order chi connectivity index (χ1) is 8.84. The van der Waals surface area contributed by atoms with Crippen LogP contribution < -0.4 is 5.73 Å². The average Bonchev–Trinajstić information content (AvgIpc) is 2.33. The number of aliphatic hydroxyl groups excluding tert-OH is 1. The smallest absolute Gasteiger partial charge is 0.243 e. The predicted molar refractivity (Wildman–Crippen MR) is 71.6 cm³/mol. The molecule has 106 valence electrons. The Kier molecular flexibility index (Phi) is 5.04. The van der Waals surface area contributed by atoms with E-state index in [1.165, 1.54) is 13.0 Å². The number of nitrogens with zero attached hydrogens (tertiary/aromatic N) is 1. The molecule has 0 heterocycles. The molecule has 7 heteroatoms. The van der Waals surface area contributed by atoms with Gasteiger partial charge < -0.3 is 10.8 Å². The lowest BCUT2D eigenvalue weighted by Crippen LogP contribution is -2.34. The van der Waals surface area contributed by atoms with Crippen molar-refractivity contribution in [2.75, 3.05) is 25.4 Å². The third-order valence-electron chi connectivity index (χ3n) is 2.59. The first kappa shape index (κ1) is 15.6. The highest BCUT2D eigenvalue weighted by Gasteiger charge is 2.25. The fraction of sp³-hybridized carbons (Fsp3) is 0.333. The Labute approximate surface area is 112 Å². The third-order valence-corrected chi connectivity index (χ3v) is 4.60. The second-order valence-corrected chi connectivity index (χ2v) is 5.92. The van der Waals surface area contributed by atoms with Crippen molar-refractivity contribution in [1.82, 2.24) is 4.31 Å². The first-order valence-corrected chi connectivity index (χ1v) is 7.06. The van der Waals surface area contributed by atoms with Gasteiger partial charge in [0.2, 0.25) is 10.0 Å². The Balaban J connectivity index is 3.32. The largest absolute Gasteiger partial charge is 0.396 e. The van der Waals surface area contributed by atoms with Crippen LogP contribution in [0.25, 0.3) is 0 Å². The molecule has 19 heavy (non-hydrogen) atoms. The second-order valence-electron chi connectivity index (χ2n) is 4.01. The number of halogens is 1. The zero-order valence-corrected chi connectivity index (χ0v) is 11.5. The number of sulfonamides is 1. The summed E-state index contributed by atoms with van der Waals surface area (Å²) in [5.74, 6) is -0.658. The van der Waals surface area contributed by atoms with Gasteiger partial charge in [0.05, 0.1) is 17.2 Å². The summed E-state index contributed by atoms with van der Waals surface area (Å²) in [7, 11) is -3.84. The Morgan fingerprint density at radius 1 is 1.53 bits per heavy atom. The summed E-state index contributed by atoms with van der Waals surface area (Å²) in [6.45, 7) is 4.63. The Hall–Kier alpha value is -1.44. The van der Waals surface area contributed by atoms with Crippen molar-refractivity contribution in [1.29, 1.82) is 0 Å². The van der Waals surface area contributed by atoms with Gasteiger partial charge in [-0.25, -0.2) is 12.8 Å². The van der Waals surface area contributed by atoms with Crippen LogP contribution in [0.3, 0.4) is 0 Å². The van der Waals surface area contributed by atoms with Crippen LogP contribution in [0, 0.1) is 12.7 Å². The number of nitrogens with two attached hydrogens (primary N) is 1. The van der Waals surface area contributed by atoms with Gasteiger partial charge in [-0.3, -0.25) is 0 Å². The van der Waals surface area contributed by atoms with Gasteiger partial charge >= 0.3 is 0 Å². The minimum atomic E-state index is -3.84. The highest BCUT2D eigenvalue weighted by molar-refractivity contribution is 7.89. The highest BCUT2D eigenvalue weighted by Crippen LogP contribution is 2.24. The van der Waals surface area contributed by atoms with E-state index in [1.807, 2.05) is 0 Å². The molecule has 0 aliphatic rings. The molecule has 1 aromatic rings. The van der Waals surface area contributed by atoms with Crippen LogP contribution in [-0.2, 0) is 10.0 Å². The number of nitrogen functional groups attached to an aromatic ring is 1. The number of hydrogen-bond acceptors (Lipinski definition) is 4. The van der Waals surface area contributed by atoms with Gasteiger partial charge in [0.15, 0.2) is 0 Å². The average molecular weight is 288 g/mol. The van der Waals surface area contributed by atoms with E-state index >= 15 is 0 Å². The molecule has 0 aliphatic heterocycles. The number of aliphatic hydroxyl groups is 1. The van der Waals surface area contributed by atoms with E-state index in [2.05, 4.69) is 6.58 Å². The van der Waals surface area contributed by atoms with Crippen molar-refractivity contribution in [3.8, 4) is 0 Å². The fourth-order valence-electron chi connectivity index (χ4n) is 1.65. The van der Waals surface area contributed by atoms with Gasteiger partial charge in [0.25, 0.3) is 0 Å². The molecule has 0 unspecified atom stereocenters. The summed E-state index contributed by atoms with van der Waals surface area (Å²) in [5, 5.41) is 8.92. The molecule has 0 radical (unpaired) electrons. The van der Waals surface area contributed by atoms with E-state index in [-0.39, 0.29) is 35.8 Å². The molecule has 0 spiro atoms. The summed E-state index contributed by atoms with van der Waals surface area (Å²) in [6, 6.07) is 2.17. The van der Waals surface area contributed by atoms with E-state index in [0.717, 1.165) is 16.4 Å². The minimum absolute atomic E-state index is 0.0552. The number of rotatable bonds is 6. The highest BCUT2D eigenvalue weighted by atomic mass is 32.2. The lowest BCUT2D eigenvalue weighted by atomic mass is 10.2. The second kappa shape index (κ2) is 6.14. The van der Waals surface area contributed by atoms with E-state index in [1.54, 1.807) is 0 Å². The molecule has 1 rings (SSSR count). The maximum absolute atomic E-state index is 13.3. The van der Waals surface area contributed by atoms with Gasteiger partial charge in [-0.1, -0.05) is 6.08 Å². The molecule has 1 aromatic carbocycles. The van der Waals surface area contributed by atoms with Crippen LogP contribution in [-0.4, -0.2) is 37.5 Å². The van der Waals surface area contributed by atoms with Crippen LogP contribution in [0.15, 0.2) is 29.7 Å². The van der Waals surface area contributed by atoms with Crippen LogP contribution in [0.4, 0.5) is 10.1 Å². The molecule has 0 bridgehead atoms. The van der Waals surface area contributed by atoms with Crippen LogP contribution in [0.5, 0.6) is 0 Å². The van der Waals surface area contributed by atoms with Gasteiger partial charge in [-0.2, -0.15) is 4.31 Å². The summed E-state index contributed by atoms with van der Waals surface area (Å²) < 4.78 is 39.1. The zero-order chi connectivity index (χ0) is 14.6. The van der Waals surface area contributed by atoms with E-state index in [0.29, 0.717) is 0 Å². The molecule has 0 amide bonds. The zero-order valence-electron chi connectivity index (χ0n) is 10.6. The molecule has 5 nitrogen and oxygen atoms in total. The van der Waals surface area contributed by atoms with Gasteiger partial charge in [-0.05, 0) is 24.6 Å². The maximum atomic E-state index is 13.3. The van der Waals surface area contributed by atoms with Crippen molar-refractivity contribution in [2.24, 2.45) is 0 Å². The molecule has 0 saturated carbocycles. The molecule has 3 N–H and O–H groups in total. The van der Waals surface area contributed by atoms with Crippen molar-refractivity contribution >= 4 is 15.7 Å². The molecular weight excluding hydrogens is 271 g/mol. The standard InChI is InChI=1S/C12H17FN2O3S/c1-3-4-15(5-6-16)19(17,18)12-8-11(14)10(13)7-9(12)2/h3,7-8,16H,1,4-6,14H2,2H3. The SMILES string of the molecule is C=CCN(CCO)S(=O)(=O)c1cc(N)c(F)cc1C. The predicted octanol–water partition coefficient (Wildman–Crippen LogP) is 0.885. The normalized spacial score (nSPS) is 11.8. The van der Waals surface area contributed by atoms with E-state index < -0.39 is 15.8 Å². The molecule has 0 fully saturated rings. The van der Waals surface area contributed by atoms with Gasteiger partial charge in [0.1, 0.15) is 5.82 Å². The fourth-order valence-corrected chi connectivity index (χ4v) is 3.29. The minimum Gasteiger partial charge on any atom is -0.396 e. The molecule has 0 aliphatic carbocycles. The lowest BCUT2D eigenvalue weighted by Gasteiger charge is -2.21. The number of aryl methyl sites for hydroxylation is 1. The molecule has 0 atom stereocenters. The van der Waals surface area contributed by atoms with E-state index in [4.69, 9.17) is 10.8 Å². The number of benzene rings is 1. The van der Waals surface area contributed by atoms with Gasteiger partial charge in [0, 0.05) is 13.1 Å². The van der Waals surface area contributed by atoms with Crippen molar-refractivity contribution < 1.29 is 17.9 Å². The quantitative estimate of drug-likeness (QED) is 0.601. The van der Waals surface area contributed by atoms with Crippen LogP contribution in [0.2, 0.25) is 0 Å². The van der Waals surface area contributed by atoms with E-state index in [9.17, 15) is 12.8 Å². The number of hydrogen-bond donors (Lipinski definition) is 2. The van der Waals surface area contributed by atoms with Crippen molar-refractivity contribution in [3.05, 3.63) is 36.2 Å².